The minimum Gasteiger partial charge on any atom is -0.328 e. The molecule has 8 heteroatoms. The number of anilines is 1. The Morgan fingerprint density at radius 1 is 1.16 bits per heavy atom. The monoisotopic (exact) mass is 432 g/mol. The van der Waals surface area contributed by atoms with E-state index in [0.717, 1.165) is 36.4 Å². The van der Waals surface area contributed by atoms with E-state index >= 15 is 0 Å². The van der Waals surface area contributed by atoms with Gasteiger partial charge < -0.3 is 14.8 Å². The van der Waals surface area contributed by atoms with Gasteiger partial charge in [0.25, 0.3) is 5.56 Å². The summed E-state index contributed by atoms with van der Waals surface area (Å²) in [6.45, 7) is 5.58. The minimum atomic E-state index is -0.708. The normalized spacial score (nSPS) is 12.5. The number of carbonyl (C=O) groups is 1. The van der Waals surface area contributed by atoms with Gasteiger partial charge >= 0.3 is 0 Å². The molecule has 1 amide bonds. The van der Waals surface area contributed by atoms with Crippen LogP contribution in [0.4, 0.5) is 5.69 Å². The molecule has 166 valence electrons. The fourth-order valence-corrected chi connectivity index (χ4v) is 3.89. The van der Waals surface area contributed by atoms with E-state index < -0.39 is 6.04 Å². The highest BCUT2D eigenvalue weighted by Crippen LogP contribution is 2.22. The van der Waals surface area contributed by atoms with Crippen LogP contribution in [0.15, 0.2) is 53.6 Å². The zero-order valence-electron chi connectivity index (χ0n) is 18.9. The number of fused-ring (bicyclic) bond motifs is 2. The molecule has 0 aliphatic rings. The number of amides is 1. The van der Waals surface area contributed by atoms with Crippen LogP contribution in [-0.4, -0.2) is 50.5 Å². The van der Waals surface area contributed by atoms with Gasteiger partial charge in [-0.1, -0.05) is 12.1 Å². The SMILES string of the molecule is Cc1nc2cc(NC(=O)[C@H](C)n3cnc4ccccc4c3=O)ccc2n1CCCN(C)C. The second-order valence-electron chi connectivity index (χ2n) is 8.31. The molecule has 2 heterocycles. The number of benzene rings is 2. The number of hydrogen-bond acceptors (Lipinski definition) is 5. The predicted octanol–water partition coefficient (Wildman–Crippen LogP) is 3.21. The average molecular weight is 433 g/mol. The molecular weight excluding hydrogens is 404 g/mol. The maximum atomic E-state index is 12.9. The van der Waals surface area contributed by atoms with Crippen LogP contribution in [0, 0.1) is 6.92 Å². The highest BCUT2D eigenvalue weighted by Gasteiger charge is 2.18. The average Bonchev–Trinajstić information content (AvgIpc) is 3.08. The van der Waals surface area contributed by atoms with Crippen LogP contribution in [0.3, 0.4) is 0 Å². The van der Waals surface area contributed by atoms with Crippen molar-refractivity contribution in [1.82, 2.24) is 24.0 Å². The first-order valence-corrected chi connectivity index (χ1v) is 10.7. The lowest BCUT2D eigenvalue weighted by Crippen LogP contribution is -2.31. The summed E-state index contributed by atoms with van der Waals surface area (Å²) >= 11 is 0. The smallest absolute Gasteiger partial charge is 0.261 e. The number of aromatic nitrogens is 4. The summed E-state index contributed by atoms with van der Waals surface area (Å²) in [4.78, 5) is 36.8. The molecule has 0 fully saturated rings. The molecule has 0 spiro atoms. The number of para-hydroxylation sites is 1. The topological polar surface area (TPSA) is 85.0 Å². The highest BCUT2D eigenvalue weighted by molar-refractivity contribution is 5.95. The minimum absolute atomic E-state index is 0.235. The standard InChI is InChI=1S/C24H28N6O2/c1-16(30-15-25-20-9-6-5-8-19(20)24(30)32)23(31)27-18-10-11-22-21(14-18)26-17(2)29(22)13-7-12-28(3)4/h5-6,8-11,14-16H,7,12-13H2,1-4H3,(H,27,31)/t16-/m0/s1. The summed E-state index contributed by atoms with van der Waals surface area (Å²) in [6.07, 6.45) is 2.46. The zero-order valence-corrected chi connectivity index (χ0v) is 18.9. The van der Waals surface area contributed by atoms with Gasteiger partial charge in [-0.2, -0.15) is 0 Å². The van der Waals surface area contributed by atoms with Crippen LogP contribution >= 0.6 is 0 Å². The number of carbonyl (C=O) groups excluding carboxylic acids is 1. The molecule has 1 atom stereocenters. The fraction of sp³-hybridized carbons (Fsp3) is 0.333. The van der Waals surface area contributed by atoms with E-state index in [1.165, 1.54) is 10.9 Å². The molecule has 0 unspecified atom stereocenters. The van der Waals surface area contributed by atoms with Crippen molar-refractivity contribution in [2.24, 2.45) is 0 Å². The first-order valence-electron chi connectivity index (χ1n) is 10.7. The highest BCUT2D eigenvalue weighted by atomic mass is 16.2. The molecular formula is C24H28N6O2. The molecule has 8 nitrogen and oxygen atoms in total. The van der Waals surface area contributed by atoms with Crippen LogP contribution in [-0.2, 0) is 11.3 Å². The van der Waals surface area contributed by atoms with Crippen molar-refractivity contribution >= 4 is 33.5 Å². The van der Waals surface area contributed by atoms with E-state index in [1.807, 2.05) is 31.2 Å². The number of hydrogen-bond donors (Lipinski definition) is 1. The predicted molar refractivity (Wildman–Crippen MR) is 127 cm³/mol. The third-order valence-electron chi connectivity index (χ3n) is 5.68. The maximum absolute atomic E-state index is 12.9. The van der Waals surface area contributed by atoms with Crippen LogP contribution < -0.4 is 10.9 Å². The molecule has 0 radical (unpaired) electrons. The van der Waals surface area contributed by atoms with Gasteiger partial charge in [-0.05, 0) is 71.2 Å². The Morgan fingerprint density at radius 2 is 1.94 bits per heavy atom. The van der Waals surface area contributed by atoms with Gasteiger partial charge in [-0.15, -0.1) is 0 Å². The van der Waals surface area contributed by atoms with Gasteiger partial charge in [0.05, 0.1) is 28.3 Å². The fourth-order valence-electron chi connectivity index (χ4n) is 3.89. The molecule has 0 bridgehead atoms. The lowest BCUT2D eigenvalue weighted by molar-refractivity contribution is -0.118. The Bertz CT molecular complexity index is 1340. The second kappa shape index (κ2) is 8.92. The van der Waals surface area contributed by atoms with Crippen LogP contribution in [0.1, 0.15) is 25.2 Å². The van der Waals surface area contributed by atoms with Crippen molar-refractivity contribution in [1.29, 1.82) is 0 Å². The molecule has 2 aromatic carbocycles. The number of nitrogens with zero attached hydrogens (tertiary/aromatic N) is 5. The van der Waals surface area contributed by atoms with E-state index in [2.05, 4.69) is 38.8 Å². The Hall–Kier alpha value is -3.52. The third-order valence-corrected chi connectivity index (χ3v) is 5.68. The molecule has 0 aliphatic carbocycles. The third kappa shape index (κ3) is 4.27. The number of rotatable bonds is 7. The number of imidazole rings is 1. The van der Waals surface area contributed by atoms with E-state index in [9.17, 15) is 9.59 Å². The van der Waals surface area contributed by atoms with Crippen molar-refractivity contribution in [3.05, 3.63) is 65.0 Å². The molecule has 1 N–H and O–H groups in total. The van der Waals surface area contributed by atoms with E-state index in [1.54, 1.807) is 25.1 Å². The summed E-state index contributed by atoms with van der Waals surface area (Å²) in [6, 6.07) is 12.1. The zero-order chi connectivity index (χ0) is 22.8. The van der Waals surface area contributed by atoms with Crippen LogP contribution in [0.5, 0.6) is 0 Å². The van der Waals surface area contributed by atoms with Crippen LogP contribution in [0.25, 0.3) is 21.9 Å². The quantitative estimate of drug-likeness (QED) is 0.485. The van der Waals surface area contributed by atoms with Gasteiger partial charge in [-0.3, -0.25) is 14.2 Å². The molecule has 32 heavy (non-hydrogen) atoms. The van der Waals surface area contributed by atoms with Gasteiger partial charge in [0.1, 0.15) is 11.9 Å². The van der Waals surface area contributed by atoms with Crippen molar-refractivity contribution in [2.75, 3.05) is 26.0 Å². The Labute approximate surface area is 186 Å². The van der Waals surface area contributed by atoms with E-state index in [-0.39, 0.29) is 11.5 Å². The summed E-state index contributed by atoms with van der Waals surface area (Å²) in [5.41, 5.74) is 2.91. The van der Waals surface area contributed by atoms with Crippen molar-refractivity contribution in [3.8, 4) is 0 Å². The largest absolute Gasteiger partial charge is 0.328 e. The van der Waals surface area contributed by atoms with Crippen molar-refractivity contribution in [3.63, 3.8) is 0 Å². The van der Waals surface area contributed by atoms with E-state index in [0.29, 0.717) is 16.6 Å². The van der Waals surface area contributed by atoms with Gasteiger partial charge in [0, 0.05) is 12.2 Å². The summed E-state index contributed by atoms with van der Waals surface area (Å²) in [7, 11) is 4.13. The first kappa shape index (κ1) is 21.7. The number of nitrogens with one attached hydrogen (secondary N) is 1. The summed E-state index contributed by atoms with van der Waals surface area (Å²) in [5.74, 6) is 0.662. The maximum Gasteiger partial charge on any atom is 0.261 e. The molecule has 0 aliphatic heterocycles. The number of aryl methyl sites for hydroxylation is 2. The van der Waals surface area contributed by atoms with Crippen molar-refractivity contribution < 1.29 is 4.79 Å². The Kier molecular flexibility index (Phi) is 6.05. The molecule has 0 saturated heterocycles. The Morgan fingerprint density at radius 3 is 2.72 bits per heavy atom. The van der Waals surface area contributed by atoms with Gasteiger partial charge in [0.15, 0.2) is 0 Å². The lowest BCUT2D eigenvalue weighted by Gasteiger charge is -2.15. The molecule has 4 rings (SSSR count). The van der Waals surface area contributed by atoms with Gasteiger partial charge in [0.2, 0.25) is 5.91 Å². The van der Waals surface area contributed by atoms with E-state index in [4.69, 9.17) is 0 Å². The summed E-state index contributed by atoms with van der Waals surface area (Å²) in [5, 5.41) is 3.40. The summed E-state index contributed by atoms with van der Waals surface area (Å²) < 4.78 is 3.56. The molecule has 2 aromatic heterocycles. The molecule has 4 aromatic rings. The van der Waals surface area contributed by atoms with Crippen LogP contribution in [0.2, 0.25) is 0 Å². The van der Waals surface area contributed by atoms with Gasteiger partial charge in [-0.25, -0.2) is 9.97 Å². The lowest BCUT2D eigenvalue weighted by atomic mass is 10.2. The Balaban J connectivity index is 1.53. The molecule has 0 saturated carbocycles. The second-order valence-corrected chi connectivity index (χ2v) is 8.31. The van der Waals surface area contributed by atoms with Crippen molar-refractivity contribution in [2.45, 2.75) is 32.9 Å². The first-order chi connectivity index (χ1) is 15.3.